The van der Waals surface area contributed by atoms with Crippen molar-refractivity contribution in [3.63, 3.8) is 0 Å². The summed E-state index contributed by atoms with van der Waals surface area (Å²) in [6.45, 7) is 3.99. The smallest absolute Gasteiger partial charge is 0.222 e. The Morgan fingerprint density at radius 3 is 2.52 bits per heavy atom. The van der Waals surface area contributed by atoms with Crippen molar-refractivity contribution < 1.29 is 17.9 Å². The first-order chi connectivity index (χ1) is 9.80. The minimum absolute atomic E-state index is 0.0117. The highest BCUT2D eigenvalue weighted by molar-refractivity contribution is 7.89. The van der Waals surface area contributed by atoms with E-state index in [4.69, 9.17) is 9.88 Å². The van der Waals surface area contributed by atoms with Crippen LogP contribution in [0.5, 0.6) is 0 Å². The summed E-state index contributed by atoms with van der Waals surface area (Å²) in [6.07, 6.45) is 2.22. The molecule has 0 bridgehead atoms. The van der Waals surface area contributed by atoms with E-state index in [0.717, 1.165) is 32.5 Å². The van der Waals surface area contributed by atoms with E-state index < -0.39 is 10.0 Å². The normalized spacial score (nSPS) is 23.4. The second-order valence-electron chi connectivity index (χ2n) is 6.12. The number of nitrogens with two attached hydrogens (primary N) is 1. The predicted octanol–water partition coefficient (Wildman–Crippen LogP) is -0.622. The third kappa shape index (κ3) is 4.91. The molecule has 0 aromatic carbocycles. The zero-order valence-electron chi connectivity index (χ0n) is 12.6. The Morgan fingerprint density at radius 2 is 1.95 bits per heavy atom. The summed E-state index contributed by atoms with van der Waals surface area (Å²) < 4.78 is 27.7. The first kappa shape index (κ1) is 16.7. The Balaban J connectivity index is 1.76. The van der Waals surface area contributed by atoms with Crippen LogP contribution in [0, 0.1) is 0 Å². The largest absolute Gasteiger partial charge is 0.372 e. The molecule has 0 aromatic heterocycles. The Labute approximate surface area is 126 Å². The van der Waals surface area contributed by atoms with Gasteiger partial charge >= 0.3 is 0 Å². The lowest BCUT2D eigenvalue weighted by molar-refractivity contribution is -0.148. The maximum Gasteiger partial charge on any atom is 0.222 e. The quantitative estimate of drug-likeness (QED) is 0.745. The number of hydrogen-bond acceptors (Lipinski definition) is 5. The lowest BCUT2D eigenvalue weighted by Gasteiger charge is -2.46. The molecular formula is C13H25N3O4S. The molecular weight excluding hydrogens is 294 g/mol. The van der Waals surface area contributed by atoms with Crippen molar-refractivity contribution in [3.8, 4) is 0 Å². The monoisotopic (exact) mass is 319 g/mol. The van der Waals surface area contributed by atoms with Gasteiger partial charge in [0.1, 0.15) is 0 Å². The van der Waals surface area contributed by atoms with Crippen LogP contribution >= 0.6 is 0 Å². The molecule has 0 aromatic rings. The SMILES string of the molecule is CN1CCOC2(CCN(C(=O)CCCS(N)(=O)=O)CC2)C1. The van der Waals surface area contributed by atoms with Crippen LogP contribution in [0.4, 0.5) is 0 Å². The molecule has 0 aliphatic carbocycles. The number of sulfonamides is 1. The third-order valence-electron chi connectivity index (χ3n) is 4.29. The van der Waals surface area contributed by atoms with Gasteiger partial charge in [0.25, 0.3) is 0 Å². The van der Waals surface area contributed by atoms with E-state index in [1.807, 2.05) is 4.90 Å². The number of morpholine rings is 1. The van der Waals surface area contributed by atoms with Crippen molar-refractivity contribution in [2.75, 3.05) is 45.6 Å². The molecule has 0 saturated carbocycles. The van der Waals surface area contributed by atoms with Crippen LogP contribution in [0.3, 0.4) is 0 Å². The van der Waals surface area contributed by atoms with Gasteiger partial charge in [-0.05, 0) is 26.3 Å². The van der Waals surface area contributed by atoms with Crippen LogP contribution in [-0.4, -0.2) is 75.3 Å². The van der Waals surface area contributed by atoms with Crippen LogP contribution in [0.15, 0.2) is 0 Å². The van der Waals surface area contributed by atoms with Gasteiger partial charge in [-0.1, -0.05) is 0 Å². The van der Waals surface area contributed by atoms with Crippen LogP contribution in [0.1, 0.15) is 25.7 Å². The van der Waals surface area contributed by atoms with Gasteiger partial charge in [-0.3, -0.25) is 4.79 Å². The molecule has 2 heterocycles. The molecule has 2 saturated heterocycles. The number of carbonyl (C=O) groups excluding carboxylic acids is 1. The van der Waals surface area contributed by atoms with E-state index in [2.05, 4.69) is 11.9 Å². The molecule has 0 atom stereocenters. The maximum atomic E-state index is 12.1. The Kier molecular flexibility index (Phi) is 5.24. The van der Waals surface area contributed by atoms with E-state index in [1.54, 1.807) is 0 Å². The number of piperidine rings is 1. The standard InChI is InChI=1S/C13H25N3O4S/c1-15-8-9-20-13(11-15)4-6-16(7-5-13)12(17)3-2-10-21(14,18)19/h2-11H2,1H3,(H2,14,18,19). The number of primary sulfonamides is 1. The number of carbonyl (C=O) groups is 1. The zero-order valence-corrected chi connectivity index (χ0v) is 13.4. The topological polar surface area (TPSA) is 92.9 Å². The minimum atomic E-state index is -3.48. The molecule has 1 spiro atoms. The second kappa shape index (κ2) is 6.60. The predicted molar refractivity (Wildman–Crippen MR) is 79.2 cm³/mol. The average molecular weight is 319 g/mol. The lowest BCUT2D eigenvalue weighted by atomic mass is 9.89. The summed E-state index contributed by atoms with van der Waals surface area (Å²) in [5, 5.41) is 4.93. The van der Waals surface area contributed by atoms with Crippen molar-refractivity contribution in [3.05, 3.63) is 0 Å². The molecule has 8 heteroatoms. The number of amides is 1. The summed E-state index contributed by atoms with van der Waals surface area (Å²) in [6, 6.07) is 0. The molecule has 2 rings (SSSR count). The number of nitrogens with zero attached hydrogens (tertiary/aromatic N) is 2. The molecule has 2 fully saturated rings. The number of likely N-dealkylation sites (N-methyl/N-ethyl adjacent to an activating group) is 1. The highest BCUT2D eigenvalue weighted by Gasteiger charge is 2.39. The molecule has 21 heavy (non-hydrogen) atoms. The Hall–Kier alpha value is -0.700. The van der Waals surface area contributed by atoms with Crippen molar-refractivity contribution in [2.24, 2.45) is 5.14 Å². The van der Waals surface area contributed by atoms with Crippen molar-refractivity contribution in [2.45, 2.75) is 31.3 Å². The highest BCUT2D eigenvalue weighted by Crippen LogP contribution is 2.29. The summed E-state index contributed by atoms with van der Waals surface area (Å²) in [5.74, 6) is -0.123. The van der Waals surface area contributed by atoms with Crippen LogP contribution < -0.4 is 5.14 Å². The van der Waals surface area contributed by atoms with Gasteiger partial charge in [0.15, 0.2) is 0 Å². The maximum absolute atomic E-state index is 12.1. The van der Waals surface area contributed by atoms with Gasteiger partial charge in [0, 0.05) is 32.6 Å². The highest BCUT2D eigenvalue weighted by atomic mass is 32.2. The van der Waals surface area contributed by atoms with Gasteiger partial charge in [-0.25, -0.2) is 13.6 Å². The van der Waals surface area contributed by atoms with Crippen molar-refractivity contribution >= 4 is 15.9 Å². The first-order valence-electron chi connectivity index (χ1n) is 7.40. The molecule has 122 valence electrons. The van der Waals surface area contributed by atoms with Gasteiger partial charge < -0.3 is 14.5 Å². The molecule has 7 nitrogen and oxygen atoms in total. The van der Waals surface area contributed by atoms with E-state index >= 15 is 0 Å². The molecule has 1 amide bonds. The molecule has 0 radical (unpaired) electrons. The summed E-state index contributed by atoms with van der Waals surface area (Å²) >= 11 is 0. The summed E-state index contributed by atoms with van der Waals surface area (Å²) in [7, 11) is -1.38. The first-order valence-corrected chi connectivity index (χ1v) is 9.12. The number of ether oxygens (including phenoxy) is 1. The molecule has 0 unspecified atom stereocenters. The Morgan fingerprint density at radius 1 is 1.29 bits per heavy atom. The van der Waals surface area contributed by atoms with Gasteiger partial charge in [-0.15, -0.1) is 0 Å². The van der Waals surface area contributed by atoms with Crippen LogP contribution in [0.2, 0.25) is 0 Å². The lowest BCUT2D eigenvalue weighted by Crippen LogP contribution is -2.56. The summed E-state index contributed by atoms with van der Waals surface area (Å²) in [4.78, 5) is 16.1. The fourth-order valence-electron chi connectivity index (χ4n) is 3.08. The molecule has 2 N–H and O–H groups in total. The number of hydrogen-bond donors (Lipinski definition) is 1. The van der Waals surface area contributed by atoms with E-state index in [9.17, 15) is 13.2 Å². The van der Waals surface area contributed by atoms with Crippen molar-refractivity contribution in [1.82, 2.24) is 9.80 Å². The number of likely N-dealkylation sites (tertiary alicyclic amines) is 1. The van der Waals surface area contributed by atoms with Gasteiger partial charge in [0.2, 0.25) is 15.9 Å². The Bertz CT molecular complexity index is 472. The van der Waals surface area contributed by atoms with E-state index in [0.29, 0.717) is 19.5 Å². The second-order valence-corrected chi connectivity index (χ2v) is 7.85. The van der Waals surface area contributed by atoms with E-state index in [-0.39, 0.29) is 23.7 Å². The van der Waals surface area contributed by atoms with Crippen LogP contribution in [0.25, 0.3) is 0 Å². The summed E-state index contributed by atoms with van der Waals surface area (Å²) in [5.41, 5.74) is -0.107. The van der Waals surface area contributed by atoms with Crippen molar-refractivity contribution in [1.29, 1.82) is 0 Å². The minimum Gasteiger partial charge on any atom is -0.372 e. The molecule has 2 aliphatic heterocycles. The third-order valence-corrected chi connectivity index (χ3v) is 5.14. The fraction of sp³-hybridized carbons (Fsp3) is 0.923. The van der Waals surface area contributed by atoms with E-state index in [1.165, 1.54) is 0 Å². The van der Waals surface area contributed by atoms with Crippen LogP contribution in [-0.2, 0) is 19.6 Å². The number of rotatable bonds is 4. The molecule has 2 aliphatic rings. The van der Waals surface area contributed by atoms with Gasteiger partial charge in [0.05, 0.1) is 18.0 Å². The average Bonchev–Trinajstić information content (AvgIpc) is 2.37. The zero-order chi connectivity index (χ0) is 15.5. The van der Waals surface area contributed by atoms with Gasteiger partial charge in [-0.2, -0.15) is 0 Å². The fourth-order valence-corrected chi connectivity index (χ4v) is 3.63.